The Morgan fingerprint density at radius 2 is 1.65 bits per heavy atom. The van der Waals surface area contributed by atoms with E-state index in [2.05, 4.69) is 0 Å². The maximum absolute atomic E-state index is 11.8. The molecule has 0 heterocycles. The molecule has 1 aromatic rings. The van der Waals surface area contributed by atoms with E-state index in [1.165, 1.54) is 18.1 Å². The van der Waals surface area contributed by atoms with Gasteiger partial charge in [-0.05, 0) is 32.0 Å². The second kappa shape index (κ2) is 9.45. The Balaban J connectivity index is 3.08. The van der Waals surface area contributed by atoms with E-state index in [1.807, 2.05) is 0 Å². The van der Waals surface area contributed by atoms with Crippen LogP contribution in [-0.4, -0.2) is 51.6 Å². The fourth-order valence-electron chi connectivity index (χ4n) is 1.98. The smallest absolute Gasteiger partial charge is 0.325 e. The van der Waals surface area contributed by atoms with E-state index in [0.29, 0.717) is 23.3 Å². The molecule has 0 aliphatic carbocycles. The van der Waals surface area contributed by atoms with Crippen molar-refractivity contribution in [1.29, 1.82) is 0 Å². The standard InChI is InChI=1S/C16H21NO6/c1-4-22-15(19)9-17(10-16(20)23-5-2)13-7-6-12(11-18)8-14(13)21-3/h6-8,11H,4-5,9-10H2,1-3H3. The number of ether oxygens (including phenoxy) is 3. The van der Waals surface area contributed by atoms with Crippen molar-refractivity contribution in [2.45, 2.75) is 13.8 Å². The molecule has 0 atom stereocenters. The quantitative estimate of drug-likeness (QED) is 0.502. The fourth-order valence-corrected chi connectivity index (χ4v) is 1.98. The number of anilines is 1. The van der Waals surface area contributed by atoms with E-state index in [-0.39, 0.29) is 26.3 Å². The molecule has 0 aliphatic rings. The van der Waals surface area contributed by atoms with Gasteiger partial charge in [-0.15, -0.1) is 0 Å². The monoisotopic (exact) mass is 323 g/mol. The molecule has 7 nitrogen and oxygen atoms in total. The van der Waals surface area contributed by atoms with Gasteiger partial charge in [0.15, 0.2) is 0 Å². The summed E-state index contributed by atoms with van der Waals surface area (Å²) in [5, 5.41) is 0. The van der Waals surface area contributed by atoms with Gasteiger partial charge in [-0.2, -0.15) is 0 Å². The van der Waals surface area contributed by atoms with E-state index in [4.69, 9.17) is 14.2 Å². The summed E-state index contributed by atoms with van der Waals surface area (Å²) < 4.78 is 15.1. The molecule has 0 radical (unpaired) electrons. The Labute approximate surface area is 135 Å². The summed E-state index contributed by atoms with van der Waals surface area (Å²) in [6.07, 6.45) is 0.688. The van der Waals surface area contributed by atoms with Crippen molar-refractivity contribution in [3.63, 3.8) is 0 Å². The molecule has 0 bridgehead atoms. The highest BCUT2D eigenvalue weighted by molar-refractivity contribution is 5.84. The van der Waals surface area contributed by atoms with Gasteiger partial charge in [0.25, 0.3) is 0 Å². The average molecular weight is 323 g/mol. The maximum atomic E-state index is 11.8. The van der Waals surface area contributed by atoms with Crippen LogP contribution in [0.15, 0.2) is 18.2 Å². The van der Waals surface area contributed by atoms with Crippen LogP contribution in [0.2, 0.25) is 0 Å². The summed E-state index contributed by atoms with van der Waals surface area (Å²) in [5.74, 6) is -0.570. The molecule has 0 saturated carbocycles. The Morgan fingerprint density at radius 1 is 1.09 bits per heavy atom. The first-order valence-corrected chi connectivity index (χ1v) is 7.25. The molecular weight excluding hydrogens is 302 g/mol. The third-order valence-corrected chi connectivity index (χ3v) is 2.93. The lowest BCUT2D eigenvalue weighted by Gasteiger charge is -2.24. The van der Waals surface area contributed by atoms with E-state index in [1.54, 1.807) is 26.0 Å². The molecule has 0 N–H and O–H groups in total. The zero-order chi connectivity index (χ0) is 17.2. The molecular formula is C16H21NO6. The van der Waals surface area contributed by atoms with Crippen molar-refractivity contribution in [2.75, 3.05) is 38.3 Å². The zero-order valence-electron chi connectivity index (χ0n) is 13.5. The molecule has 7 heteroatoms. The van der Waals surface area contributed by atoms with E-state index in [9.17, 15) is 14.4 Å². The molecule has 0 unspecified atom stereocenters. The van der Waals surface area contributed by atoms with E-state index < -0.39 is 11.9 Å². The summed E-state index contributed by atoms with van der Waals surface area (Å²) in [4.78, 5) is 35.9. The number of methoxy groups -OCH3 is 1. The zero-order valence-corrected chi connectivity index (χ0v) is 13.5. The van der Waals surface area contributed by atoms with E-state index >= 15 is 0 Å². The number of hydrogen-bond donors (Lipinski definition) is 0. The first kappa shape index (κ1) is 18.5. The predicted molar refractivity (Wildman–Crippen MR) is 83.9 cm³/mol. The first-order chi connectivity index (χ1) is 11.0. The molecule has 126 valence electrons. The topological polar surface area (TPSA) is 82.1 Å². The van der Waals surface area contributed by atoms with Gasteiger partial charge in [0.1, 0.15) is 25.1 Å². The summed E-state index contributed by atoms with van der Waals surface area (Å²) in [6, 6.07) is 4.72. The summed E-state index contributed by atoms with van der Waals surface area (Å²) in [7, 11) is 1.44. The van der Waals surface area contributed by atoms with Crippen molar-refractivity contribution in [2.24, 2.45) is 0 Å². The van der Waals surface area contributed by atoms with Crippen LogP contribution < -0.4 is 9.64 Å². The van der Waals surface area contributed by atoms with Crippen molar-refractivity contribution in [1.82, 2.24) is 0 Å². The third-order valence-electron chi connectivity index (χ3n) is 2.93. The molecule has 0 aromatic heterocycles. The number of carbonyl (C=O) groups excluding carboxylic acids is 3. The largest absolute Gasteiger partial charge is 0.495 e. The second-order valence-electron chi connectivity index (χ2n) is 4.52. The van der Waals surface area contributed by atoms with Crippen molar-refractivity contribution in [3.05, 3.63) is 23.8 Å². The number of hydrogen-bond acceptors (Lipinski definition) is 7. The third kappa shape index (κ3) is 5.61. The minimum atomic E-state index is -0.474. The Kier molecular flexibility index (Phi) is 7.59. The average Bonchev–Trinajstić information content (AvgIpc) is 2.54. The van der Waals surface area contributed by atoms with Crippen LogP contribution in [0.3, 0.4) is 0 Å². The highest BCUT2D eigenvalue weighted by Crippen LogP contribution is 2.29. The lowest BCUT2D eigenvalue weighted by atomic mass is 10.2. The van der Waals surface area contributed by atoms with Crippen molar-refractivity contribution < 1.29 is 28.6 Å². The number of rotatable bonds is 9. The van der Waals surface area contributed by atoms with Crippen LogP contribution in [0, 0.1) is 0 Å². The number of nitrogens with zero attached hydrogens (tertiary/aromatic N) is 1. The van der Waals surface area contributed by atoms with Crippen molar-refractivity contribution >= 4 is 23.9 Å². The molecule has 0 spiro atoms. The first-order valence-electron chi connectivity index (χ1n) is 7.25. The van der Waals surface area contributed by atoms with Gasteiger partial charge in [0.2, 0.25) is 0 Å². The SMILES string of the molecule is CCOC(=O)CN(CC(=O)OCC)c1ccc(C=O)cc1OC. The summed E-state index contributed by atoms with van der Waals surface area (Å²) in [5.41, 5.74) is 0.928. The number of carbonyl (C=O) groups is 3. The Hall–Kier alpha value is -2.57. The molecule has 0 fully saturated rings. The summed E-state index contributed by atoms with van der Waals surface area (Å²) >= 11 is 0. The molecule has 1 rings (SSSR count). The van der Waals surface area contributed by atoms with Crippen LogP contribution in [0.4, 0.5) is 5.69 Å². The number of esters is 2. The number of aldehydes is 1. The van der Waals surface area contributed by atoms with Gasteiger partial charge in [-0.25, -0.2) is 0 Å². The van der Waals surface area contributed by atoms with Crippen LogP contribution >= 0.6 is 0 Å². The van der Waals surface area contributed by atoms with Gasteiger partial charge in [-0.3, -0.25) is 14.4 Å². The van der Waals surface area contributed by atoms with Gasteiger partial charge in [0.05, 0.1) is 26.0 Å². The van der Waals surface area contributed by atoms with Crippen LogP contribution in [0.25, 0.3) is 0 Å². The van der Waals surface area contributed by atoms with Crippen LogP contribution in [0.1, 0.15) is 24.2 Å². The molecule has 0 saturated heterocycles. The Bertz CT molecular complexity index is 538. The minimum Gasteiger partial charge on any atom is -0.495 e. The molecule has 23 heavy (non-hydrogen) atoms. The Morgan fingerprint density at radius 3 is 2.09 bits per heavy atom. The van der Waals surface area contributed by atoms with Gasteiger partial charge in [0, 0.05) is 5.56 Å². The fraction of sp³-hybridized carbons (Fsp3) is 0.438. The highest BCUT2D eigenvalue weighted by atomic mass is 16.5. The van der Waals surface area contributed by atoms with Gasteiger partial charge >= 0.3 is 11.9 Å². The van der Waals surface area contributed by atoms with Gasteiger partial charge in [-0.1, -0.05) is 0 Å². The lowest BCUT2D eigenvalue weighted by molar-refractivity contribution is -0.142. The predicted octanol–water partition coefficient (Wildman–Crippen LogP) is 1.44. The normalized spacial score (nSPS) is 9.87. The van der Waals surface area contributed by atoms with E-state index in [0.717, 1.165) is 0 Å². The molecule has 1 aromatic carbocycles. The lowest BCUT2D eigenvalue weighted by Crippen LogP contribution is -2.36. The van der Waals surface area contributed by atoms with Crippen LogP contribution in [0.5, 0.6) is 5.75 Å². The van der Waals surface area contributed by atoms with Crippen LogP contribution in [-0.2, 0) is 19.1 Å². The maximum Gasteiger partial charge on any atom is 0.325 e. The van der Waals surface area contributed by atoms with Gasteiger partial charge < -0.3 is 19.1 Å². The minimum absolute atomic E-state index is 0.135. The van der Waals surface area contributed by atoms with Crippen molar-refractivity contribution in [3.8, 4) is 5.75 Å². The number of benzene rings is 1. The second-order valence-corrected chi connectivity index (χ2v) is 4.52. The molecule has 0 aliphatic heterocycles. The summed E-state index contributed by atoms with van der Waals surface area (Å²) in [6.45, 7) is 3.62. The molecule has 0 amide bonds. The highest BCUT2D eigenvalue weighted by Gasteiger charge is 2.20.